The maximum absolute atomic E-state index is 14.4. The molecule has 4 aliphatic rings. The Bertz CT molecular complexity index is 2600. The number of hydrogen-bond acceptors (Lipinski definition) is 10. The summed E-state index contributed by atoms with van der Waals surface area (Å²) in [6.45, 7) is 10.6. The monoisotopic (exact) mass is 778 g/mol. The molecule has 0 fully saturated rings. The third kappa shape index (κ3) is 4.90. The summed E-state index contributed by atoms with van der Waals surface area (Å²) in [4.78, 5) is 14.4. The Morgan fingerprint density at radius 2 is 1.04 bits per heavy atom. The van der Waals surface area contributed by atoms with E-state index in [0.29, 0.717) is 34.4 Å². The van der Waals surface area contributed by atoms with Crippen LogP contribution in [0.15, 0.2) is 119 Å². The molecule has 0 bridgehead atoms. The average Bonchev–Trinajstić information content (AvgIpc) is 3.47. The molecule has 2 unspecified atom stereocenters. The fraction of sp³-hybridized carbons (Fsp3) is 0.261. The topological polar surface area (TPSA) is 94.4 Å². The number of benzene rings is 6. The standard InChI is InChI=1S/C46H43N4O6P/c1-8-52-57(51,55-31-21-17-29-19-23-39-41(33(29)25-31)47-27-45(53-39)43(2,3)35-13-9-11-15-37(35)49(45)6)56-32-22-18-30-20-24-40-42(34(30)26-32)48-28-46(54-40)44(4,5)36-14-10-12-16-38(36)50(46)7/h9-28H,8H2,1-7H3. The van der Waals surface area contributed by atoms with Gasteiger partial charge in [-0.1, -0.05) is 60.7 Å². The zero-order chi connectivity index (χ0) is 39.5. The second-order valence-electron chi connectivity index (χ2n) is 16.2. The molecular weight excluding hydrogens is 736 g/mol. The Labute approximate surface area is 331 Å². The van der Waals surface area contributed by atoms with Crippen LogP contribution in [0.4, 0.5) is 22.7 Å². The van der Waals surface area contributed by atoms with Gasteiger partial charge in [0.25, 0.3) is 0 Å². The van der Waals surface area contributed by atoms with Crippen LogP contribution in [-0.4, -0.2) is 44.6 Å². The fourth-order valence-electron chi connectivity index (χ4n) is 9.31. The highest BCUT2D eigenvalue weighted by molar-refractivity contribution is 7.49. The Hall–Kier alpha value is -5.83. The molecule has 288 valence electrons. The van der Waals surface area contributed by atoms with E-state index >= 15 is 0 Å². The molecule has 57 heavy (non-hydrogen) atoms. The minimum atomic E-state index is -4.19. The molecule has 4 aliphatic heterocycles. The molecule has 0 saturated heterocycles. The van der Waals surface area contributed by atoms with Gasteiger partial charge in [0.15, 0.2) is 0 Å². The SMILES string of the molecule is CCOP(=O)(Oc1ccc2ccc3c(c2c1)N=CC1(O3)N(C)c2ccccc2C1(C)C)Oc1ccc2ccc3c(c2c1)N=CC1(O3)N(C)c2ccccc2C1(C)C. The number of fused-ring (bicyclic) bond motifs is 8. The predicted octanol–water partition coefficient (Wildman–Crippen LogP) is 11.0. The van der Waals surface area contributed by atoms with E-state index in [1.807, 2.05) is 75.1 Å². The molecule has 6 aromatic carbocycles. The molecule has 4 heterocycles. The van der Waals surface area contributed by atoms with Gasteiger partial charge in [0.1, 0.15) is 34.4 Å². The van der Waals surface area contributed by atoms with Crippen molar-refractivity contribution in [2.45, 2.75) is 56.9 Å². The smallest absolute Gasteiger partial charge is 0.459 e. The van der Waals surface area contributed by atoms with Gasteiger partial charge in [0.05, 0.1) is 29.9 Å². The van der Waals surface area contributed by atoms with E-state index in [4.69, 9.17) is 33.0 Å². The Balaban J connectivity index is 0.953. The molecule has 2 spiro atoms. The summed E-state index contributed by atoms with van der Waals surface area (Å²) in [6, 6.07) is 35.5. The highest BCUT2D eigenvalue weighted by Crippen LogP contribution is 2.57. The van der Waals surface area contributed by atoms with Crippen LogP contribution in [0, 0.1) is 0 Å². The van der Waals surface area contributed by atoms with Crippen molar-refractivity contribution >= 4 is 64.5 Å². The Morgan fingerprint density at radius 1 is 0.614 bits per heavy atom. The largest absolute Gasteiger partial charge is 0.587 e. The summed E-state index contributed by atoms with van der Waals surface area (Å²) in [7, 11) is -0.111. The highest BCUT2D eigenvalue weighted by atomic mass is 31.2. The van der Waals surface area contributed by atoms with Crippen LogP contribution in [0.5, 0.6) is 23.0 Å². The van der Waals surface area contributed by atoms with Gasteiger partial charge in [-0.15, -0.1) is 0 Å². The molecule has 0 amide bonds. The summed E-state index contributed by atoms with van der Waals surface area (Å²) in [6.07, 6.45) is 3.80. The van der Waals surface area contributed by atoms with Crippen LogP contribution in [0.1, 0.15) is 45.7 Å². The lowest BCUT2D eigenvalue weighted by Crippen LogP contribution is -2.61. The Morgan fingerprint density at radius 3 is 1.46 bits per heavy atom. The first-order valence-electron chi connectivity index (χ1n) is 19.2. The van der Waals surface area contributed by atoms with Gasteiger partial charge < -0.3 is 28.3 Å². The molecule has 0 aromatic heterocycles. The van der Waals surface area contributed by atoms with Crippen molar-refractivity contribution in [1.29, 1.82) is 0 Å². The number of para-hydroxylation sites is 2. The number of likely N-dealkylation sites (N-methyl/N-ethyl adjacent to an activating group) is 2. The van der Waals surface area contributed by atoms with Gasteiger partial charge in [0.2, 0.25) is 11.4 Å². The first-order chi connectivity index (χ1) is 27.3. The van der Waals surface area contributed by atoms with Crippen LogP contribution >= 0.6 is 7.82 Å². The van der Waals surface area contributed by atoms with Crippen molar-refractivity contribution in [3.8, 4) is 23.0 Å². The summed E-state index contributed by atoms with van der Waals surface area (Å²) >= 11 is 0. The molecule has 0 N–H and O–H groups in total. The van der Waals surface area contributed by atoms with E-state index in [9.17, 15) is 4.57 Å². The number of rotatable bonds is 6. The van der Waals surface area contributed by atoms with Crippen molar-refractivity contribution < 1.29 is 27.6 Å². The summed E-state index contributed by atoms with van der Waals surface area (Å²) in [5.74, 6) is 1.90. The number of phosphoric acid groups is 1. The number of phosphoric ester groups is 1. The van der Waals surface area contributed by atoms with Gasteiger partial charge in [-0.05, 0) is 105 Å². The second-order valence-corrected chi connectivity index (χ2v) is 17.7. The molecule has 10 rings (SSSR count). The van der Waals surface area contributed by atoms with Crippen LogP contribution in [0.2, 0.25) is 0 Å². The minimum Gasteiger partial charge on any atom is -0.459 e. The van der Waals surface area contributed by atoms with E-state index in [-0.39, 0.29) is 17.4 Å². The molecule has 11 heteroatoms. The number of nitrogens with zero attached hydrogens (tertiary/aromatic N) is 4. The quantitative estimate of drug-likeness (QED) is 0.154. The van der Waals surface area contributed by atoms with Gasteiger partial charge in [-0.2, -0.15) is 0 Å². The molecule has 0 radical (unpaired) electrons. The molecule has 10 nitrogen and oxygen atoms in total. The molecule has 0 aliphatic carbocycles. The van der Waals surface area contributed by atoms with E-state index in [2.05, 4.69) is 73.9 Å². The number of hydrogen-bond donors (Lipinski definition) is 0. The maximum Gasteiger partial charge on any atom is 0.587 e. The van der Waals surface area contributed by atoms with E-state index in [0.717, 1.165) is 32.9 Å². The average molecular weight is 779 g/mol. The third-order valence-electron chi connectivity index (χ3n) is 12.5. The lowest BCUT2D eigenvalue weighted by molar-refractivity contribution is 0.0826. The van der Waals surface area contributed by atoms with Crippen molar-refractivity contribution in [3.05, 3.63) is 120 Å². The number of aliphatic imine (C=N–C) groups is 2. The fourth-order valence-corrected chi connectivity index (χ4v) is 10.5. The molecule has 0 saturated carbocycles. The lowest BCUT2D eigenvalue weighted by Gasteiger charge is -2.45. The normalized spacial score (nSPS) is 22.8. The zero-order valence-electron chi connectivity index (χ0n) is 32.9. The van der Waals surface area contributed by atoms with Gasteiger partial charge in [-0.25, -0.2) is 4.57 Å². The lowest BCUT2D eigenvalue weighted by atomic mass is 9.77. The van der Waals surface area contributed by atoms with Gasteiger partial charge in [-0.3, -0.25) is 14.5 Å². The highest BCUT2D eigenvalue weighted by Gasteiger charge is 2.59. The van der Waals surface area contributed by atoms with Crippen LogP contribution < -0.4 is 28.3 Å². The van der Waals surface area contributed by atoms with Gasteiger partial charge >= 0.3 is 7.82 Å². The molecule has 2 atom stereocenters. The van der Waals surface area contributed by atoms with Crippen molar-refractivity contribution in [2.24, 2.45) is 9.98 Å². The maximum atomic E-state index is 14.4. The van der Waals surface area contributed by atoms with Crippen LogP contribution in [0.3, 0.4) is 0 Å². The predicted molar refractivity (Wildman–Crippen MR) is 227 cm³/mol. The third-order valence-corrected chi connectivity index (χ3v) is 14.0. The second kappa shape index (κ2) is 12.1. The van der Waals surface area contributed by atoms with E-state index in [1.165, 1.54) is 11.1 Å². The minimum absolute atomic E-state index is 0.0983. The van der Waals surface area contributed by atoms with Crippen molar-refractivity contribution in [3.63, 3.8) is 0 Å². The summed E-state index contributed by atoms with van der Waals surface area (Å²) in [5.41, 5.74) is 3.50. The van der Waals surface area contributed by atoms with Crippen molar-refractivity contribution in [1.82, 2.24) is 0 Å². The van der Waals surface area contributed by atoms with Crippen LogP contribution in [-0.2, 0) is 19.9 Å². The Kier molecular flexibility index (Phi) is 7.54. The van der Waals surface area contributed by atoms with E-state index < -0.39 is 19.3 Å². The molecular formula is C46H43N4O6P. The van der Waals surface area contributed by atoms with Gasteiger partial charge in [0, 0.05) is 36.2 Å². The zero-order valence-corrected chi connectivity index (χ0v) is 33.8. The first-order valence-corrected chi connectivity index (χ1v) is 20.7. The molecule has 6 aromatic rings. The van der Waals surface area contributed by atoms with E-state index in [1.54, 1.807) is 31.2 Å². The summed E-state index contributed by atoms with van der Waals surface area (Å²) < 4.78 is 46.2. The summed E-state index contributed by atoms with van der Waals surface area (Å²) in [5, 5.41) is 3.41. The number of anilines is 2. The van der Waals surface area contributed by atoms with Crippen LogP contribution in [0.25, 0.3) is 21.5 Å². The van der Waals surface area contributed by atoms with Crippen molar-refractivity contribution in [2.75, 3.05) is 30.5 Å². The number of ether oxygens (including phenoxy) is 2. The first kappa shape index (κ1) is 35.6.